The van der Waals surface area contributed by atoms with Gasteiger partial charge in [-0.1, -0.05) is 0 Å². The van der Waals surface area contributed by atoms with Crippen LogP contribution >= 0.6 is 31.9 Å². The van der Waals surface area contributed by atoms with Gasteiger partial charge in [-0.15, -0.1) is 0 Å². The summed E-state index contributed by atoms with van der Waals surface area (Å²) in [4.78, 5) is 0. The molecule has 60 valence electrons. The SMILES string of the molecule is Cc1cc(Br)c(O)c(O)c1Br. The van der Waals surface area contributed by atoms with Crippen molar-refractivity contribution in [2.75, 3.05) is 0 Å². The van der Waals surface area contributed by atoms with Crippen molar-refractivity contribution < 1.29 is 10.2 Å². The predicted octanol–water partition coefficient (Wildman–Crippen LogP) is 2.93. The van der Waals surface area contributed by atoms with E-state index < -0.39 is 0 Å². The maximum atomic E-state index is 9.24. The van der Waals surface area contributed by atoms with Crippen molar-refractivity contribution in [2.45, 2.75) is 6.92 Å². The van der Waals surface area contributed by atoms with Gasteiger partial charge in [-0.3, -0.25) is 0 Å². The first-order chi connectivity index (χ1) is 5.04. The fourth-order valence-electron chi connectivity index (χ4n) is 0.726. The molecule has 0 radical (unpaired) electrons. The Morgan fingerprint density at radius 3 is 2.27 bits per heavy atom. The third-order valence-corrected chi connectivity index (χ3v) is 2.95. The molecule has 0 aliphatic rings. The number of hydrogen-bond donors (Lipinski definition) is 2. The minimum atomic E-state index is -0.137. The molecule has 0 saturated carbocycles. The highest BCUT2D eigenvalue weighted by molar-refractivity contribution is 9.11. The smallest absolute Gasteiger partial charge is 0.173 e. The van der Waals surface area contributed by atoms with Crippen LogP contribution in [-0.2, 0) is 0 Å². The van der Waals surface area contributed by atoms with Gasteiger partial charge in [0, 0.05) is 0 Å². The van der Waals surface area contributed by atoms with E-state index in [1.165, 1.54) is 0 Å². The molecular weight excluding hydrogens is 276 g/mol. The Bertz CT molecular complexity index is 271. The standard InChI is InChI=1S/C7H6Br2O2/c1-3-2-4(8)6(10)7(11)5(3)9/h2,10-11H,1H3. The molecule has 1 aromatic carbocycles. The Hall–Kier alpha value is -0.220. The summed E-state index contributed by atoms with van der Waals surface area (Å²) in [6, 6.07) is 1.72. The second-order valence-corrected chi connectivity index (χ2v) is 3.83. The van der Waals surface area contributed by atoms with E-state index in [9.17, 15) is 10.2 Å². The van der Waals surface area contributed by atoms with E-state index >= 15 is 0 Å². The number of halogens is 2. The zero-order chi connectivity index (χ0) is 8.59. The number of rotatable bonds is 0. The van der Waals surface area contributed by atoms with Gasteiger partial charge in [0.2, 0.25) is 0 Å². The molecule has 0 unspecified atom stereocenters. The van der Waals surface area contributed by atoms with Crippen molar-refractivity contribution in [3.8, 4) is 11.5 Å². The van der Waals surface area contributed by atoms with Crippen LogP contribution in [0.1, 0.15) is 5.56 Å². The summed E-state index contributed by atoms with van der Waals surface area (Å²) in [5, 5.41) is 18.4. The Kier molecular flexibility index (Phi) is 2.44. The highest BCUT2D eigenvalue weighted by Gasteiger charge is 2.10. The molecule has 0 aromatic heterocycles. The van der Waals surface area contributed by atoms with Crippen molar-refractivity contribution >= 4 is 31.9 Å². The molecule has 2 N–H and O–H groups in total. The van der Waals surface area contributed by atoms with E-state index in [0.29, 0.717) is 8.95 Å². The van der Waals surface area contributed by atoms with E-state index in [1.54, 1.807) is 6.07 Å². The van der Waals surface area contributed by atoms with Crippen LogP contribution in [0.3, 0.4) is 0 Å². The van der Waals surface area contributed by atoms with Crippen LogP contribution in [0.4, 0.5) is 0 Å². The highest BCUT2D eigenvalue weighted by atomic mass is 79.9. The van der Waals surface area contributed by atoms with Gasteiger partial charge < -0.3 is 10.2 Å². The largest absolute Gasteiger partial charge is 0.503 e. The molecule has 0 spiro atoms. The van der Waals surface area contributed by atoms with E-state index in [-0.39, 0.29) is 11.5 Å². The molecule has 1 aromatic rings. The average Bonchev–Trinajstić information content (AvgIpc) is 1.97. The minimum absolute atomic E-state index is 0.128. The molecule has 0 amide bonds. The molecule has 0 aliphatic carbocycles. The van der Waals surface area contributed by atoms with Crippen molar-refractivity contribution in [3.63, 3.8) is 0 Å². The third-order valence-electron chi connectivity index (χ3n) is 1.35. The quantitative estimate of drug-likeness (QED) is 0.718. The molecule has 0 bridgehead atoms. The molecule has 0 aliphatic heterocycles. The summed E-state index contributed by atoms with van der Waals surface area (Å²) in [5.74, 6) is -0.264. The van der Waals surface area contributed by atoms with E-state index in [0.717, 1.165) is 5.56 Å². The number of hydrogen-bond acceptors (Lipinski definition) is 2. The van der Waals surface area contributed by atoms with Crippen molar-refractivity contribution in [3.05, 3.63) is 20.6 Å². The molecule has 0 atom stereocenters. The van der Waals surface area contributed by atoms with Crippen LogP contribution < -0.4 is 0 Å². The maximum Gasteiger partial charge on any atom is 0.173 e. The van der Waals surface area contributed by atoms with Gasteiger partial charge in [0.1, 0.15) is 0 Å². The summed E-state index contributed by atoms with van der Waals surface area (Å²) < 4.78 is 1.02. The highest BCUT2D eigenvalue weighted by Crippen LogP contribution is 2.40. The lowest BCUT2D eigenvalue weighted by molar-refractivity contribution is 0.398. The normalized spacial score (nSPS) is 10.1. The van der Waals surface area contributed by atoms with Crippen molar-refractivity contribution in [1.82, 2.24) is 0 Å². The summed E-state index contributed by atoms with van der Waals surface area (Å²) in [5.41, 5.74) is 0.868. The zero-order valence-electron chi connectivity index (χ0n) is 5.73. The number of phenolic OH excluding ortho intramolecular Hbond substituents is 2. The Morgan fingerprint density at radius 2 is 1.73 bits per heavy atom. The summed E-state index contributed by atoms with van der Waals surface area (Å²) in [6.45, 7) is 1.83. The van der Waals surface area contributed by atoms with Gasteiger partial charge in [0.25, 0.3) is 0 Å². The lowest BCUT2D eigenvalue weighted by Gasteiger charge is -2.04. The summed E-state index contributed by atoms with van der Waals surface area (Å²) in [6.07, 6.45) is 0. The second kappa shape index (κ2) is 3.03. The molecular formula is C7H6Br2O2. The van der Waals surface area contributed by atoms with Gasteiger partial charge in [0.05, 0.1) is 8.95 Å². The van der Waals surface area contributed by atoms with Gasteiger partial charge in [-0.25, -0.2) is 0 Å². The minimum Gasteiger partial charge on any atom is -0.503 e. The molecule has 0 saturated heterocycles. The fraction of sp³-hybridized carbons (Fsp3) is 0.143. The van der Waals surface area contributed by atoms with Crippen molar-refractivity contribution in [1.29, 1.82) is 0 Å². The molecule has 4 heteroatoms. The number of aromatic hydroxyl groups is 2. The van der Waals surface area contributed by atoms with Gasteiger partial charge in [0.15, 0.2) is 11.5 Å². The Balaban J connectivity index is 3.46. The number of benzene rings is 1. The first-order valence-electron chi connectivity index (χ1n) is 2.90. The van der Waals surface area contributed by atoms with E-state index in [4.69, 9.17) is 0 Å². The lowest BCUT2D eigenvalue weighted by Crippen LogP contribution is -1.79. The maximum absolute atomic E-state index is 9.24. The zero-order valence-corrected chi connectivity index (χ0v) is 8.90. The second-order valence-electron chi connectivity index (χ2n) is 2.19. The van der Waals surface area contributed by atoms with Gasteiger partial charge >= 0.3 is 0 Å². The average molecular weight is 282 g/mol. The van der Waals surface area contributed by atoms with Crippen LogP contribution in [0, 0.1) is 6.92 Å². The first kappa shape index (κ1) is 8.87. The number of aryl methyl sites for hydroxylation is 1. The predicted molar refractivity (Wildman–Crippen MR) is 49.9 cm³/mol. The van der Waals surface area contributed by atoms with Gasteiger partial charge in [-0.05, 0) is 50.4 Å². The number of phenols is 2. The molecule has 2 nitrogen and oxygen atoms in total. The fourth-order valence-corrected chi connectivity index (χ4v) is 1.56. The molecule has 11 heavy (non-hydrogen) atoms. The topological polar surface area (TPSA) is 40.5 Å². The van der Waals surface area contributed by atoms with Crippen LogP contribution in [0.25, 0.3) is 0 Å². The lowest BCUT2D eigenvalue weighted by atomic mass is 10.2. The monoisotopic (exact) mass is 280 g/mol. The Morgan fingerprint density at radius 1 is 1.18 bits per heavy atom. The van der Waals surface area contributed by atoms with Crippen LogP contribution in [0.15, 0.2) is 15.0 Å². The molecule has 1 rings (SSSR count). The Labute approximate surface area is 81.1 Å². The third kappa shape index (κ3) is 1.51. The summed E-state index contributed by atoms with van der Waals surface area (Å²) in [7, 11) is 0. The van der Waals surface area contributed by atoms with E-state index in [1.807, 2.05) is 6.92 Å². The molecule has 0 fully saturated rings. The van der Waals surface area contributed by atoms with Crippen LogP contribution in [0.2, 0.25) is 0 Å². The molecule has 0 heterocycles. The van der Waals surface area contributed by atoms with Crippen molar-refractivity contribution in [2.24, 2.45) is 0 Å². The van der Waals surface area contributed by atoms with E-state index in [2.05, 4.69) is 31.9 Å². The first-order valence-corrected chi connectivity index (χ1v) is 4.49. The van der Waals surface area contributed by atoms with Gasteiger partial charge in [-0.2, -0.15) is 0 Å². The van der Waals surface area contributed by atoms with Crippen LogP contribution in [0.5, 0.6) is 11.5 Å². The summed E-state index contributed by atoms with van der Waals surface area (Å²) >= 11 is 6.23. The van der Waals surface area contributed by atoms with Crippen LogP contribution in [-0.4, -0.2) is 10.2 Å².